The van der Waals surface area contributed by atoms with Crippen LogP contribution in [0.5, 0.6) is 0 Å². The van der Waals surface area contributed by atoms with Crippen LogP contribution in [0.2, 0.25) is 0 Å². The Morgan fingerprint density at radius 1 is 1.50 bits per heavy atom. The Bertz CT molecular complexity index is 474. The van der Waals surface area contributed by atoms with Gasteiger partial charge in [-0.25, -0.2) is 0 Å². The maximum absolute atomic E-state index is 12.8. The number of nitrogens with two attached hydrogens (primary N) is 1. The van der Waals surface area contributed by atoms with Crippen molar-refractivity contribution in [1.29, 1.82) is 0 Å². The van der Waals surface area contributed by atoms with Gasteiger partial charge in [0, 0.05) is 43.4 Å². The summed E-state index contributed by atoms with van der Waals surface area (Å²) in [5.41, 5.74) is 6.59. The maximum atomic E-state index is 12.8. The summed E-state index contributed by atoms with van der Waals surface area (Å²) < 4.78 is 2.98. The van der Waals surface area contributed by atoms with Gasteiger partial charge >= 0.3 is 0 Å². The van der Waals surface area contributed by atoms with Crippen molar-refractivity contribution in [1.82, 2.24) is 14.4 Å². The molecule has 1 amide bonds. The van der Waals surface area contributed by atoms with E-state index in [1.165, 1.54) is 0 Å². The van der Waals surface area contributed by atoms with Crippen molar-refractivity contribution in [3.8, 4) is 0 Å². The molecule has 0 aromatic carbocycles. The van der Waals surface area contributed by atoms with E-state index in [0.29, 0.717) is 6.54 Å². The van der Waals surface area contributed by atoms with Crippen LogP contribution in [0.1, 0.15) is 23.8 Å². The molecule has 0 radical (unpaired) electrons. The lowest BCUT2D eigenvalue weighted by Gasteiger charge is -2.39. The second-order valence-electron chi connectivity index (χ2n) is 5.39. The normalized spacial score (nSPS) is 20.4. The molecular formula is C14H23BrN4O. The van der Waals surface area contributed by atoms with E-state index >= 15 is 0 Å². The second-order valence-corrected chi connectivity index (χ2v) is 6.30. The van der Waals surface area contributed by atoms with Gasteiger partial charge in [0.05, 0.1) is 6.04 Å². The lowest BCUT2D eigenvalue weighted by atomic mass is 10.1. The molecule has 1 aliphatic rings. The molecule has 1 aliphatic heterocycles. The van der Waals surface area contributed by atoms with Crippen LogP contribution in [0.3, 0.4) is 0 Å². The van der Waals surface area contributed by atoms with E-state index < -0.39 is 0 Å². The number of amides is 1. The third kappa shape index (κ3) is 3.24. The van der Waals surface area contributed by atoms with E-state index in [-0.39, 0.29) is 11.9 Å². The number of aryl methyl sites for hydroxylation is 1. The Morgan fingerprint density at radius 3 is 2.90 bits per heavy atom. The van der Waals surface area contributed by atoms with Gasteiger partial charge in [0.2, 0.25) is 0 Å². The van der Waals surface area contributed by atoms with Gasteiger partial charge in [-0.15, -0.1) is 0 Å². The first-order valence-corrected chi connectivity index (χ1v) is 7.91. The summed E-state index contributed by atoms with van der Waals surface area (Å²) in [5.74, 6) is 0.0905. The number of aromatic nitrogens is 1. The molecule has 0 aliphatic carbocycles. The van der Waals surface area contributed by atoms with Crippen molar-refractivity contribution < 1.29 is 4.79 Å². The molecule has 0 spiro atoms. The van der Waals surface area contributed by atoms with Crippen molar-refractivity contribution in [2.75, 3.05) is 33.2 Å². The van der Waals surface area contributed by atoms with Crippen LogP contribution in [0.4, 0.5) is 0 Å². The summed E-state index contributed by atoms with van der Waals surface area (Å²) in [7, 11) is 2.07. The molecule has 5 nitrogen and oxygen atoms in total. The minimum Gasteiger partial charge on any atom is -0.342 e. The number of carbonyl (C=O) groups excluding carboxylic acids is 1. The highest BCUT2D eigenvalue weighted by atomic mass is 79.9. The van der Waals surface area contributed by atoms with Gasteiger partial charge in [0.15, 0.2) is 0 Å². The fourth-order valence-electron chi connectivity index (χ4n) is 2.71. The zero-order chi connectivity index (χ0) is 14.7. The Hall–Kier alpha value is -0.850. The zero-order valence-electron chi connectivity index (χ0n) is 12.2. The Morgan fingerprint density at radius 2 is 2.25 bits per heavy atom. The van der Waals surface area contributed by atoms with Gasteiger partial charge in [-0.1, -0.05) is 6.92 Å². The molecule has 2 rings (SSSR count). The quantitative estimate of drug-likeness (QED) is 0.899. The third-order valence-corrected chi connectivity index (χ3v) is 4.20. The van der Waals surface area contributed by atoms with Crippen LogP contribution in [0, 0.1) is 0 Å². The highest BCUT2D eigenvalue weighted by Gasteiger charge is 2.30. The van der Waals surface area contributed by atoms with Crippen LogP contribution in [0.25, 0.3) is 0 Å². The van der Waals surface area contributed by atoms with Gasteiger partial charge in [-0.05, 0) is 35.5 Å². The highest BCUT2D eigenvalue weighted by Crippen LogP contribution is 2.19. The SMILES string of the molecule is CCCn1cc(Br)cc1C(=O)N1CCN(C)CC1CN. The summed E-state index contributed by atoms with van der Waals surface area (Å²) in [4.78, 5) is 16.9. The van der Waals surface area contributed by atoms with Gasteiger partial charge in [-0.2, -0.15) is 0 Å². The smallest absolute Gasteiger partial charge is 0.270 e. The van der Waals surface area contributed by atoms with Crippen molar-refractivity contribution in [3.05, 3.63) is 22.4 Å². The average molecular weight is 343 g/mol. The molecule has 1 aromatic rings. The molecule has 1 saturated heterocycles. The maximum Gasteiger partial charge on any atom is 0.270 e. The lowest BCUT2D eigenvalue weighted by molar-refractivity contribution is 0.0505. The number of carbonyl (C=O) groups is 1. The second kappa shape index (κ2) is 6.74. The number of piperazine rings is 1. The summed E-state index contributed by atoms with van der Waals surface area (Å²) in [5, 5.41) is 0. The molecule has 20 heavy (non-hydrogen) atoms. The van der Waals surface area contributed by atoms with E-state index in [9.17, 15) is 4.79 Å². The van der Waals surface area contributed by atoms with E-state index in [1.807, 2.05) is 21.7 Å². The first kappa shape index (κ1) is 15.5. The minimum atomic E-state index is 0.0905. The molecule has 1 atom stereocenters. The summed E-state index contributed by atoms with van der Waals surface area (Å²) >= 11 is 3.46. The van der Waals surface area contributed by atoms with Crippen LogP contribution < -0.4 is 5.73 Å². The van der Waals surface area contributed by atoms with Gasteiger partial charge in [-0.3, -0.25) is 4.79 Å². The van der Waals surface area contributed by atoms with Crippen LogP contribution >= 0.6 is 15.9 Å². The van der Waals surface area contributed by atoms with Crippen molar-refractivity contribution in [2.24, 2.45) is 5.73 Å². The molecule has 1 unspecified atom stereocenters. The predicted molar refractivity (Wildman–Crippen MR) is 83.8 cm³/mol. The van der Waals surface area contributed by atoms with E-state index in [1.54, 1.807) is 0 Å². The summed E-state index contributed by atoms with van der Waals surface area (Å²) in [6.07, 6.45) is 2.98. The predicted octanol–water partition coefficient (Wildman–Crippen LogP) is 1.38. The van der Waals surface area contributed by atoms with Gasteiger partial charge in [0.1, 0.15) is 5.69 Å². The number of likely N-dealkylation sites (N-methyl/N-ethyl adjacent to an activating group) is 1. The largest absolute Gasteiger partial charge is 0.342 e. The summed E-state index contributed by atoms with van der Waals surface area (Å²) in [6.45, 7) is 5.96. The van der Waals surface area contributed by atoms with Crippen LogP contribution in [-0.2, 0) is 6.54 Å². The number of halogens is 1. The number of rotatable bonds is 4. The van der Waals surface area contributed by atoms with Crippen LogP contribution in [0.15, 0.2) is 16.7 Å². The fraction of sp³-hybridized carbons (Fsp3) is 0.643. The Labute approximate surface area is 128 Å². The summed E-state index contributed by atoms with van der Waals surface area (Å²) in [6, 6.07) is 2.01. The first-order valence-electron chi connectivity index (χ1n) is 7.12. The molecule has 112 valence electrons. The Balaban J connectivity index is 2.21. The number of hydrogen-bond acceptors (Lipinski definition) is 3. The standard InChI is InChI=1S/C14H23BrN4O/c1-3-4-18-9-11(15)7-13(18)14(20)19-6-5-17(2)10-12(19)8-16/h7,9,12H,3-6,8,10,16H2,1-2H3. The molecular weight excluding hydrogens is 320 g/mol. The molecule has 0 bridgehead atoms. The van der Waals surface area contributed by atoms with E-state index in [4.69, 9.17) is 5.73 Å². The molecule has 0 saturated carbocycles. The highest BCUT2D eigenvalue weighted by molar-refractivity contribution is 9.10. The molecule has 2 heterocycles. The molecule has 1 fully saturated rings. The first-order chi connectivity index (χ1) is 9.56. The van der Waals surface area contributed by atoms with Crippen molar-refractivity contribution >= 4 is 21.8 Å². The zero-order valence-corrected chi connectivity index (χ0v) is 13.8. The van der Waals surface area contributed by atoms with Crippen molar-refractivity contribution in [2.45, 2.75) is 25.9 Å². The van der Waals surface area contributed by atoms with E-state index in [2.05, 4.69) is 34.8 Å². The van der Waals surface area contributed by atoms with Gasteiger partial charge < -0.3 is 20.1 Å². The Kier molecular flexibility index (Phi) is 5.23. The van der Waals surface area contributed by atoms with E-state index in [0.717, 1.165) is 42.8 Å². The van der Waals surface area contributed by atoms with Gasteiger partial charge in [0.25, 0.3) is 5.91 Å². The third-order valence-electron chi connectivity index (χ3n) is 3.77. The topological polar surface area (TPSA) is 54.5 Å². The molecule has 2 N–H and O–H groups in total. The monoisotopic (exact) mass is 342 g/mol. The fourth-order valence-corrected chi connectivity index (χ4v) is 3.17. The number of hydrogen-bond donors (Lipinski definition) is 1. The lowest BCUT2D eigenvalue weighted by Crippen LogP contribution is -2.57. The minimum absolute atomic E-state index is 0.0905. The van der Waals surface area contributed by atoms with Crippen molar-refractivity contribution in [3.63, 3.8) is 0 Å². The van der Waals surface area contributed by atoms with Crippen LogP contribution in [-0.4, -0.2) is 59.5 Å². The molecule has 1 aromatic heterocycles. The average Bonchev–Trinajstić information content (AvgIpc) is 2.79. The molecule has 6 heteroatoms. The number of nitrogens with zero attached hydrogens (tertiary/aromatic N) is 3.